The summed E-state index contributed by atoms with van der Waals surface area (Å²) in [7, 11) is 20.0. The van der Waals surface area contributed by atoms with E-state index in [0.717, 1.165) is 0 Å². The average Bonchev–Trinajstić information content (AvgIpc) is 1.72. The van der Waals surface area contributed by atoms with Gasteiger partial charge in [0.15, 0.2) is 0 Å². The zero-order valence-corrected chi connectivity index (χ0v) is 9.95. The molecule has 0 fully saturated rings. The van der Waals surface area contributed by atoms with Crippen LogP contribution in [-0.2, 0) is 11.9 Å². The molecule has 9 heavy (non-hydrogen) atoms. The van der Waals surface area contributed by atoms with E-state index in [2.05, 4.69) is 26.3 Å². The van der Waals surface area contributed by atoms with E-state index in [-0.39, 0.29) is 0 Å². The molecule has 0 spiro atoms. The van der Waals surface area contributed by atoms with E-state index in [1.54, 1.807) is 0 Å². The van der Waals surface area contributed by atoms with Gasteiger partial charge in [-0.05, 0) is 0 Å². The number of hydrogen-bond donors (Lipinski definition) is 0. The van der Waals surface area contributed by atoms with Crippen molar-refractivity contribution in [1.29, 1.82) is 0 Å². The van der Waals surface area contributed by atoms with Crippen molar-refractivity contribution in [3.63, 3.8) is 0 Å². The Morgan fingerprint density at radius 2 is 0.667 bits per heavy atom. The van der Waals surface area contributed by atoms with Gasteiger partial charge in [-0.25, -0.2) is 0 Å². The summed E-state index contributed by atoms with van der Waals surface area (Å²) in [5, 5.41) is 0. The normalized spacial score (nSPS) is 9.33. The number of halogens is 4. The van der Waals surface area contributed by atoms with Crippen LogP contribution in [0.2, 0.25) is 0 Å². The molecule has 0 heterocycles. The summed E-state index contributed by atoms with van der Waals surface area (Å²) in [6.07, 6.45) is 0. The Hall–Kier alpha value is 1.33. The Bertz CT molecular complexity index is 43.0. The summed E-state index contributed by atoms with van der Waals surface area (Å²) >= 11 is -3.06. The van der Waals surface area contributed by atoms with Gasteiger partial charge in [-0.2, -0.15) is 0 Å². The molecule has 0 aliphatic heterocycles. The van der Waals surface area contributed by atoms with Crippen molar-refractivity contribution in [3.05, 3.63) is 26.3 Å². The molecular weight excluding hydrogens is 385 g/mol. The monoisotopic (exact) mass is 391 g/mol. The molecule has 62 valence electrons. The van der Waals surface area contributed by atoms with Crippen LogP contribution in [0.4, 0.5) is 0 Å². The molecule has 0 aliphatic rings. The van der Waals surface area contributed by atoms with Crippen molar-refractivity contribution in [2.45, 2.75) is 0 Å². The molecule has 0 aliphatic carbocycles. The van der Waals surface area contributed by atoms with Gasteiger partial charge in [0.05, 0.1) is 0 Å². The zero-order valence-electron chi connectivity index (χ0n) is 4.66. The minimum atomic E-state index is -3.06. The third kappa shape index (κ3) is 284. The Kier molecular flexibility index (Phi) is 22.4. The first-order valence-corrected chi connectivity index (χ1v) is 12.7. The van der Waals surface area contributed by atoms with E-state index < -0.39 is 11.9 Å². The minimum absolute atomic E-state index is 3.00. The molecule has 0 amide bonds. The Balaban J connectivity index is -0.0000000771. The molecule has 0 aromatic rings. The van der Waals surface area contributed by atoms with Gasteiger partial charge in [0.25, 0.3) is 0 Å². The van der Waals surface area contributed by atoms with Crippen LogP contribution >= 0.6 is 37.7 Å². The fourth-order valence-corrected chi connectivity index (χ4v) is 0. The van der Waals surface area contributed by atoms with Crippen LogP contribution in [-0.4, -0.2) is 0 Å². The SMILES string of the molecule is C=C.C=C.[Cl][Pt]([Cl])([Cl])[Cl]. The van der Waals surface area contributed by atoms with E-state index in [4.69, 9.17) is 37.7 Å². The van der Waals surface area contributed by atoms with Gasteiger partial charge in [-0.1, -0.05) is 0 Å². The van der Waals surface area contributed by atoms with Crippen LogP contribution in [0.15, 0.2) is 26.3 Å². The number of hydrogen-bond acceptors (Lipinski definition) is 0. The molecule has 0 unspecified atom stereocenters. The fraction of sp³-hybridized carbons (Fsp3) is 0. The molecule has 5 heteroatoms. The second kappa shape index (κ2) is 12.0. The van der Waals surface area contributed by atoms with E-state index in [0.29, 0.717) is 0 Å². The number of rotatable bonds is 0. The molecule has 0 saturated carbocycles. The van der Waals surface area contributed by atoms with Crippen LogP contribution in [0, 0.1) is 0 Å². The zero-order chi connectivity index (χ0) is 8.50. The van der Waals surface area contributed by atoms with Crippen molar-refractivity contribution >= 4 is 37.7 Å². The molecule has 0 aromatic carbocycles. The summed E-state index contributed by atoms with van der Waals surface area (Å²) in [6, 6.07) is 0. The van der Waals surface area contributed by atoms with E-state index in [1.165, 1.54) is 0 Å². The predicted molar refractivity (Wildman–Crippen MR) is 45.9 cm³/mol. The summed E-state index contributed by atoms with van der Waals surface area (Å²) in [5.41, 5.74) is 0. The summed E-state index contributed by atoms with van der Waals surface area (Å²) in [4.78, 5) is 0. The van der Waals surface area contributed by atoms with E-state index in [9.17, 15) is 0 Å². The first-order chi connectivity index (χ1) is 4.00. The van der Waals surface area contributed by atoms with Crippen molar-refractivity contribution in [1.82, 2.24) is 0 Å². The summed E-state index contributed by atoms with van der Waals surface area (Å²) < 4.78 is 0. The molecule has 0 rings (SSSR count). The molecule has 0 nitrogen and oxygen atoms in total. The first kappa shape index (κ1) is 16.7. The Morgan fingerprint density at radius 1 is 0.667 bits per heavy atom. The van der Waals surface area contributed by atoms with Gasteiger partial charge in [0, 0.05) is 0 Å². The summed E-state index contributed by atoms with van der Waals surface area (Å²) in [6.45, 7) is 12.0. The van der Waals surface area contributed by atoms with Crippen LogP contribution in [0.1, 0.15) is 0 Å². The van der Waals surface area contributed by atoms with Crippen LogP contribution < -0.4 is 0 Å². The topological polar surface area (TPSA) is 0 Å². The molecule has 0 atom stereocenters. The molecular formula is C4H8Cl4Pt. The third-order valence-electron chi connectivity index (χ3n) is 0. The van der Waals surface area contributed by atoms with Gasteiger partial charge in [0.2, 0.25) is 0 Å². The van der Waals surface area contributed by atoms with E-state index >= 15 is 0 Å². The Labute approximate surface area is 75.3 Å². The summed E-state index contributed by atoms with van der Waals surface area (Å²) in [5.74, 6) is 0. The molecule has 0 N–H and O–H groups in total. The van der Waals surface area contributed by atoms with Gasteiger partial charge in [0.1, 0.15) is 0 Å². The van der Waals surface area contributed by atoms with Crippen LogP contribution in [0.3, 0.4) is 0 Å². The molecule has 0 saturated heterocycles. The van der Waals surface area contributed by atoms with E-state index in [1.807, 2.05) is 0 Å². The van der Waals surface area contributed by atoms with Gasteiger partial charge >= 0.3 is 49.6 Å². The van der Waals surface area contributed by atoms with Crippen LogP contribution in [0.5, 0.6) is 0 Å². The fourth-order valence-electron chi connectivity index (χ4n) is 0. The van der Waals surface area contributed by atoms with Gasteiger partial charge in [-0.15, -0.1) is 26.3 Å². The van der Waals surface area contributed by atoms with Crippen molar-refractivity contribution in [2.24, 2.45) is 0 Å². The molecule has 0 bridgehead atoms. The molecule has 0 aromatic heterocycles. The second-order valence-corrected chi connectivity index (χ2v) is 20.0. The maximum atomic E-state index is 5.01. The Morgan fingerprint density at radius 3 is 0.667 bits per heavy atom. The average molecular weight is 393 g/mol. The standard InChI is InChI=1S/2C2H4.4ClH.Pt/c2*1-2;;;;;/h2*1-2H2;4*1H;/q;;;;;;+4/p-4. The quantitative estimate of drug-likeness (QED) is 0.537. The second-order valence-electron chi connectivity index (χ2n) is 0.271. The van der Waals surface area contributed by atoms with Gasteiger partial charge in [-0.3, -0.25) is 0 Å². The predicted octanol–water partition coefficient (Wildman–Crippen LogP) is 4.36. The van der Waals surface area contributed by atoms with Gasteiger partial charge < -0.3 is 0 Å². The maximum absolute atomic E-state index is 5.01. The van der Waals surface area contributed by atoms with Crippen molar-refractivity contribution in [3.8, 4) is 0 Å². The van der Waals surface area contributed by atoms with Crippen molar-refractivity contribution < 1.29 is 11.9 Å². The third-order valence-corrected chi connectivity index (χ3v) is 0. The molecule has 0 radical (unpaired) electrons. The first-order valence-electron chi connectivity index (χ1n) is 1.48. The van der Waals surface area contributed by atoms with Crippen LogP contribution in [0.25, 0.3) is 0 Å². The van der Waals surface area contributed by atoms with Crippen molar-refractivity contribution in [2.75, 3.05) is 0 Å².